The van der Waals surface area contributed by atoms with Gasteiger partial charge in [0.2, 0.25) is 0 Å². The van der Waals surface area contributed by atoms with Gasteiger partial charge in [0.05, 0.1) is 0 Å². The minimum Gasteiger partial charge on any atom is -0.455 e. The van der Waals surface area contributed by atoms with E-state index in [9.17, 15) is 0 Å². The second-order valence-electron chi connectivity index (χ2n) is 6.38. The van der Waals surface area contributed by atoms with Gasteiger partial charge in [-0.1, -0.05) is 82.7 Å². The molecule has 5 aromatic rings. The Kier molecular flexibility index (Phi) is 3.65. The van der Waals surface area contributed by atoms with Gasteiger partial charge >= 0.3 is 0 Å². The van der Waals surface area contributed by atoms with E-state index < -0.39 is 0 Å². The lowest BCUT2D eigenvalue weighted by Gasteiger charge is -2.08. The number of hydrogen-bond donors (Lipinski definition) is 0. The summed E-state index contributed by atoms with van der Waals surface area (Å²) in [5.41, 5.74) is 6.49. The van der Waals surface area contributed by atoms with Crippen molar-refractivity contribution in [1.29, 1.82) is 0 Å². The van der Waals surface area contributed by atoms with Crippen LogP contribution in [0.4, 0.5) is 0 Å². The third-order valence-corrected chi connectivity index (χ3v) is 5.18. The van der Waals surface area contributed by atoms with Crippen LogP contribution in [0.15, 0.2) is 99.9 Å². The van der Waals surface area contributed by atoms with E-state index in [1.54, 1.807) is 0 Å². The predicted molar refractivity (Wildman–Crippen MR) is 112 cm³/mol. The average molecular weight is 399 g/mol. The van der Waals surface area contributed by atoms with Gasteiger partial charge in [0, 0.05) is 20.8 Å². The number of benzene rings is 4. The molecule has 0 unspecified atom stereocenters. The van der Waals surface area contributed by atoms with Crippen LogP contribution in [0.3, 0.4) is 0 Å². The maximum Gasteiger partial charge on any atom is 0.143 e. The van der Waals surface area contributed by atoms with E-state index in [0.29, 0.717) is 0 Å². The summed E-state index contributed by atoms with van der Waals surface area (Å²) in [6, 6.07) is 31.5. The quantitative estimate of drug-likeness (QED) is 0.297. The number of fused-ring (bicyclic) bond motifs is 3. The Morgan fingerprint density at radius 2 is 1.31 bits per heavy atom. The number of hydrogen-bond acceptors (Lipinski definition) is 1. The molecule has 1 aromatic heterocycles. The van der Waals surface area contributed by atoms with E-state index in [1.165, 1.54) is 11.1 Å². The van der Waals surface area contributed by atoms with Crippen LogP contribution < -0.4 is 0 Å². The molecular formula is C24H15BrO. The van der Waals surface area contributed by atoms with Crippen molar-refractivity contribution in [2.45, 2.75) is 0 Å². The molecule has 0 amide bonds. The Bertz CT molecular complexity index is 1240. The lowest BCUT2D eigenvalue weighted by atomic mass is 9.98. The summed E-state index contributed by atoms with van der Waals surface area (Å²) in [6.07, 6.45) is 0. The number of furan rings is 1. The highest BCUT2D eigenvalue weighted by atomic mass is 79.9. The van der Waals surface area contributed by atoms with Gasteiger partial charge in [0.25, 0.3) is 0 Å². The van der Waals surface area contributed by atoms with Crippen molar-refractivity contribution in [2.24, 2.45) is 0 Å². The molecule has 0 N–H and O–H groups in total. The van der Waals surface area contributed by atoms with Gasteiger partial charge in [-0.2, -0.15) is 0 Å². The van der Waals surface area contributed by atoms with Crippen LogP contribution in [0.2, 0.25) is 0 Å². The minimum absolute atomic E-state index is 0.924. The molecule has 1 heterocycles. The third-order valence-electron chi connectivity index (χ3n) is 4.72. The van der Waals surface area contributed by atoms with Crippen LogP contribution in [-0.2, 0) is 0 Å². The zero-order valence-electron chi connectivity index (χ0n) is 13.9. The van der Waals surface area contributed by atoms with E-state index >= 15 is 0 Å². The Morgan fingerprint density at radius 3 is 2.19 bits per heavy atom. The molecule has 0 aliphatic rings. The van der Waals surface area contributed by atoms with E-state index in [0.717, 1.165) is 37.5 Å². The van der Waals surface area contributed by atoms with Crippen molar-refractivity contribution in [3.05, 3.63) is 95.5 Å². The van der Waals surface area contributed by atoms with Gasteiger partial charge in [-0.3, -0.25) is 0 Å². The van der Waals surface area contributed by atoms with Crippen molar-refractivity contribution in [2.75, 3.05) is 0 Å². The largest absolute Gasteiger partial charge is 0.455 e. The zero-order chi connectivity index (χ0) is 17.5. The second-order valence-corrected chi connectivity index (χ2v) is 7.29. The first-order valence-electron chi connectivity index (χ1n) is 8.56. The fourth-order valence-corrected chi connectivity index (χ4v) is 4.01. The summed E-state index contributed by atoms with van der Waals surface area (Å²) in [5.74, 6) is 0. The van der Waals surface area contributed by atoms with Gasteiger partial charge < -0.3 is 4.42 Å². The molecule has 1 nitrogen and oxygen atoms in total. The van der Waals surface area contributed by atoms with E-state index in [4.69, 9.17) is 4.42 Å². The molecule has 0 radical (unpaired) electrons. The summed E-state index contributed by atoms with van der Waals surface area (Å²) in [7, 11) is 0. The topological polar surface area (TPSA) is 13.1 Å². The molecule has 0 spiro atoms. The van der Waals surface area contributed by atoms with Gasteiger partial charge in [-0.05, 0) is 41.0 Å². The smallest absolute Gasteiger partial charge is 0.143 e. The highest BCUT2D eigenvalue weighted by Crippen LogP contribution is 2.38. The molecule has 4 aromatic carbocycles. The Balaban J connectivity index is 1.77. The van der Waals surface area contributed by atoms with Crippen LogP contribution in [0, 0.1) is 0 Å². The van der Waals surface area contributed by atoms with Crippen molar-refractivity contribution in [3.63, 3.8) is 0 Å². The Morgan fingerprint density at radius 1 is 0.577 bits per heavy atom. The maximum atomic E-state index is 6.21. The van der Waals surface area contributed by atoms with Crippen molar-refractivity contribution >= 4 is 37.9 Å². The Hall–Kier alpha value is -2.84. The predicted octanol–water partition coefficient (Wildman–Crippen LogP) is 7.68. The summed E-state index contributed by atoms with van der Waals surface area (Å²) >= 11 is 3.68. The number of halogens is 1. The Labute approximate surface area is 160 Å². The van der Waals surface area contributed by atoms with Crippen molar-refractivity contribution in [3.8, 4) is 22.3 Å². The van der Waals surface area contributed by atoms with Gasteiger partial charge in [-0.15, -0.1) is 0 Å². The monoisotopic (exact) mass is 398 g/mol. The lowest BCUT2D eigenvalue weighted by Crippen LogP contribution is -1.83. The second kappa shape index (κ2) is 6.15. The normalized spacial score (nSPS) is 11.3. The molecule has 0 bridgehead atoms. The number of para-hydroxylation sites is 2. The SMILES string of the molecule is Brc1cc(-c2ccccc2)cc(-c2cccc3c2oc2ccccc23)c1. The standard InChI is InChI=1S/C24H15BrO/c25-19-14-17(16-7-2-1-3-8-16)13-18(15-19)20-10-6-11-22-21-9-4-5-12-23(21)26-24(20)22/h1-15H. The minimum atomic E-state index is 0.924. The van der Waals surface area contributed by atoms with Crippen molar-refractivity contribution < 1.29 is 4.42 Å². The zero-order valence-corrected chi connectivity index (χ0v) is 15.5. The lowest BCUT2D eigenvalue weighted by molar-refractivity contribution is 0.670. The van der Waals surface area contributed by atoms with Crippen LogP contribution in [0.25, 0.3) is 44.2 Å². The maximum absolute atomic E-state index is 6.21. The first-order valence-corrected chi connectivity index (χ1v) is 9.35. The molecule has 0 saturated carbocycles. The molecular weight excluding hydrogens is 384 g/mol. The number of rotatable bonds is 2. The average Bonchev–Trinajstić information content (AvgIpc) is 3.07. The van der Waals surface area contributed by atoms with Crippen LogP contribution >= 0.6 is 15.9 Å². The summed E-state index contributed by atoms with van der Waals surface area (Å²) < 4.78 is 7.27. The van der Waals surface area contributed by atoms with Crippen LogP contribution in [0.5, 0.6) is 0 Å². The fourth-order valence-electron chi connectivity index (χ4n) is 3.52. The third kappa shape index (κ3) is 2.54. The van der Waals surface area contributed by atoms with Gasteiger partial charge in [0.15, 0.2) is 0 Å². The molecule has 2 heteroatoms. The van der Waals surface area contributed by atoms with E-state index in [-0.39, 0.29) is 0 Å². The summed E-state index contributed by atoms with van der Waals surface area (Å²) in [4.78, 5) is 0. The highest BCUT2D eigenvalue weighted by molar-refractivity contribution is 9.10. The van der Waals surface area contributed by atoms with Crippen LogP contribution in [0.1, 0.15) is 0 Å². The van der Waals surface area contributed by atoms with Gasteiger partial charge in [0.1, 0.15) is 11.2 Å². The highest BCUT2D eigenvalue weighted by Gasteiger charge is 2.13. The van der Waals surface area contributed by atoms with E-state index in [1.807, 2.05) is 18.2 Å². The molecule has 0 aliphatic carbocycles. The molecule has 0 atom stereocenters. The molecule has 0 aliphatic heterocycles. The molecule has 26 heavy (non-hydrogen) atoms. The van der Waals surface area contributed by atoms with Crippen LogP contribution in [-0.4, -0.2) is 0 Å². The van der Waals surface area contributed by atoms with Gasteiger partial charge in [-0.25, -0.2) is 0 Å². The summed E-state index contributed by atoms with van der Waals surface area (Å²) in [5, 5.41) is 2.31. The first kappa shape index (κ1) is 15.4. The van der Waals surface area contributed by atoms with E-state index in [2.05, 4.69) is 88.7 Å². The molecule has 0 fully saturated rings. The fraction of sp³-hybridized carbons (Fsp3) is 0. The molecule has 0 saturated heterocycles. The molecule has 124 valence electrons. The van der Waals surface area contributed by atoms with Crippen molar-refractivity contribution in [1.82, 2.24) is 0 Å². The first-order chi connectivity index (χ1) is 12.8. The summed E-state index contributed by atoms with van der Waals surface area (Å²) in [6.45, 7) is 0. The molecule has 5 rings (SSSR count).